The largest absolute Gasteiger partial charge is 0.457 e. The normalized spacial score (nSPS) is 12.3. The second-order valence-electron chi connectivity index (χ2n) is 15.5. The highest BCUT2D eigenvalue weighted by Gasteiger charge is 2.13. The molecule has 298 valence electrons. The molecule has 0 aromatic heterocycles. The Balaban J connectivity index is 3.37. The summed E-state index contributed by atoms with van der Waals surface area (Å²) in [7, 11) is 0. The number of carbonyl (C=O) groups excluding carboxylic acids is 1. The maximum atomic E-state index is 12.2. The van der Waals surface area contributed by atoms with E-state index in [9.17, 15) is 9.90 Å². The van der Waals surface area contributed by atoms with Gasteiger partial charge in [-0.2, -0.15) is 0 Å². The first-order valence-corrected chi connectivity index (χ1v) is 22.8. The molecule has 0 spiro atoms. The van der Waals surface area contributed by atoms with Gasteiger partial charge in [-0.25, -0.2) is 0 Å². The van der Waals surface area contributed by atoms with E-state index in [1.165, 1.54) is 212 Å². The van der Waals surface area contributed by atoms with E-state index in [0.717, 1.165) is 19.3 Å². The second-order valence-corrected chi connectivity index (χ2v) is 15.5. The van der Waals surface area contributed by atoms with E-state index in [1.807, 2.05) is 0 Å². The molecule has 1 atom stereocenters. The summed E-state index contributed by atoms with van der Waals surface area (Å²) in [6.45, 7) is 5.39. The van der Waals surface area contributed by atoms with Crippen LogP contribution in [0.5, 0.6) is 0 Å². The van der Waals surface area contributed by atoms with Crippen LogP contribution in [-0.4, -0.2) is 37.0 Å². The zero-order valence-electron chi connectivity index (χ0n) is 34.2. The summed E-state index contributed by atoms with van der Waals surface area (Å²) < 4.78 is 11.2. The maximum Gasteiger partial charge on any atom is 0.306 e. The van der Waals surface area contributed by atoms with Gasteiger partial charge in [0, 0.05) is 13.0 Å². The number of carbonyl (C=O) groups is 1. The van der Waals surface area contributed by atoms with Crippen molar-refractivity contribution in [1.29, 1.82) is 0 Å². The van der Waals surface area contributed by atoms with Crippen LogP contribution in [0.3, 0.4) is 0 Å². The van der Waals surface area contributed by atoms with Gasteiger partial charge >= 0.3 is 5.97 Å². The maximum absolute atomic E-state index is 12.2. The minimum atomic E-state index is -0.530. The third-order valence-electron chi connectivity index (χ3n) is 10.3. The van der Waals surface area contributed by atoms with E-state index < -0.39 is 6.10 Å². The second kappa shape index (κ2) is 44.3. The third kappa shape index (κ3) is 41.5. The van der Waals surface area contributed by atoms with Crippen LogP contribution in [0.4, 0.5) is 0 Å². The van der Waals surface area contributed by atoms with E-state index in [-0.39, 0.29) is 12.6 Å². The van der Waals surface area contributed by atoms with Crippen LogP contribution in [-0.2, 0) is 14.3 Å². The van der Waals surface area contributed by atoms with Crippen molar-refractivity contribution in [1.82, 2.24) is 0 Å². The molecule has 0 aliphatic heterocycles. The molecule has 0 bridgehead atoms. The van der Waals surface area contributed by atoms with E-state index in [1.54, 1.807) is 0 Å². The summed E-state index contributed by atoms with van der Waals surface area (Å²) in [5.41, 5.74) is 0. The summed E-state index contributed by atoms with van der Waals surface area (Å²) in [5.74, 6) is -0.195. The molecule has 0 aromatic carbocycles. The van der Waals surface area contributed by atoms with Gasteiger partial charge in [0.2, 0.25) is 0 Å². The van der Waals surface area contributed by atoms with E-state index >= 15 is 0 Å². The highest BCUT2D eigenvalue weighted by molar-refractivity contribution is 5.69. The predicted molar refractivity (Wildman–Crippen MR) is 219 cm³/mol. The molecule has 4 heteroatoms. The van der Waals surface area contributed by atoms with Crippen molar-refractivity contribution in [3.8, 4) is 0 Å². The monoisotopic (exact) mass is 707 g/mol. The van der Waals surface area contributed by atoms with Crippen molar-refractivity contribution in [2.24, 2.45) is 0 Å². The lowest BCUT2D eigenvalue weighted by Crippen LogP contribution is -2.27. The van der Waals surface area contributed by atoms with Crippen LogP contribution in [0, 0.1) is 0 Å². The third-order valence-corrected chi connectivity index (χ3v) is 10.3. The number of unbranched alkanes of at least 4 members (excludes halogenated alkanes) is 33. The number of aliphatic hydroxyl groups is 1. The van der Waals surface area contributed by atoms with Gasteiger partial charge < -0.3 is 14.6 Å². The van der Waals surface area contributed by atoms with E-state index in [4.69, 9.17) is 9.47 Å². The fourth-order valence-corrected chi connectivity index (χ4v) is 6.91. The van der Waals surface area contributed by atoms with Crippen LogP contribution in [0.25, 0.3) is 0 Å². The summed E-state index contributed by atoms with van der Waals surface area (Å²) in [6.07, 6.45) is 52.8. The summed E-state index contributed by atoms with van der Waals surface area (Å²) in [4.78, 5) is 12.2. The lowest BCUT2D eigenvalue weighted by molar-refractivity contribution is -0.154. The Bertz CT molecular complexity index is 663. The predicted octanol–water partition coefficient (Wildman–Crippen LogP) is 14.9. The molecule has 0 aliphatic carbocycles. The Morgan fingerprint density at radius 2 is 0.780 bits per heavy atom. The average molecular weight is 707 g/mol. The Morgan fingerprint density at radius 3 is 1.14 bits per heavy atom. The lowest BCUT2D eigenvalue weighted by Gasteiger charge is -2.16. The van der Waals surface area contributed by atoms with Gasteiger partial charge in [-0.3, -0.25) is 4.79 Å². The minimum absolute atomic E-state index is 0.167. The van der Waals surface area contributed by atoms with Crippen molar-refractivity contribution in [2.45, 2.75) is 258 Å². The summed E-state index contributed by atoms with van der Waals surface area (Å²) in [5, 5.41) is 9.61. The van der Waals surface area contributed by atoms with Crippen LogP contribution >= 0.6 is 0 Å². The van der Waals surface area contributed by atoms with Crippen molar-refractivity contribution < 1.29 is 19.4 Å². The fourth-order valence-electron chi connectivity index (χ4n) is 6.91. The molecule has 0 heterocycles. The number of esters is 1. The molecule has 1 unspecified atom stereocenters. The van der Waals surface area contributed by atoms with Crippen LogP contribution in [0.1, 0.15) is 251 Å². The Hall–Kier alpha value is -0.870. The molecule has 0 amide bonds. The van der Waals surface area contributed by atoms with Crippen molar-refractivity contribution in [2.75, 3.05) is 19.8 Å². The molecule has 0 rings (SSSR count). The highest BCUT2D eigenvalue weighted by atomic mass is 16.6. The quantitative estimate of drug-likeness (QED) is 0.0390. The Labute approximate surface area is 314 Å². The van der Waals surface area contributed by atoms with Crippen molar-refractivity contribution in [3.05, 3.63) is 12.2 Å². The Morgan fingerprint density at radius 1 is 0.460 bits per heavy atom. The summed E-state index contributed by atoms with van der Waals surface area (Å²) >= 11 is 0. The van der Waals surface area contributed by atoms with Gasteiger partial charge in [0.25, 0.3) is 0 Å². The van der Waals surface area contributed by atoms with Crippen molar-refractivity contribution in [3.63, 3.8) is 0 Å². The molecule has 50 heavy (non-hydrogen) atoms. The van der Waals surface area contributed by atoms with Gasteiger partial charge in [0.15, 0.2) is 0 Å². The van der Waals surface area contributed by atoms with Crippen LogP contribution < -0.4 is 0 Å². The molecular weight excluding hydrogens is 617 g/mol. The Kier molecular flexibility index (Phi) is 43.5. The average Bonchev–Trinajstić information content (AvgIpc) is 3.12. The number of ether oxygens (including phenoxy) is 2. The number of allylic oxidation sites excluding steroid dienone is 2. The van der Waals surface area contributed by atoms with Gasteiger partial charge in [-0.1, -0.05) is 219 Å². The molecule has 0 aromatic rings. The molecule has 1 N–H and O–H groups in total. The van der Waals surface area contributed by atoms with Gasteiger partial charge in [-0.15, -0.1) is 0 Å². The minimum Gasteiger partial charge on any atom is -0.457 e. The first-order valence-electron chi connectivity index (χ1n) is 22.8. The molecule has 0 aliphatic rings. The molecular formula is C46H90O4. The highest BCUT2D eigenvalue weighted by Crippen LogP contribution is 2.16. The molecule has 0 saturated heterocycles. The standard InChI is InChI=1S/C46H90O4/c1-3-5-7-9-11-13-15-17-19-21-23-25-27-29-31-33-35-37-39-41-46(48)50-45(43-47)44-49-42-40-38-36-34-32-30-28-26-24-22-20-18-16-14-12-10-8-6-4-2/h20,22,45,47H,3-19,21,23-44H2,1-2H3/b22-20-. The lowest BCUT2D eigenvalue weighted by atomic mass is 10.0. The zero-order chi connectivity index (χ0) is 36.3. The van der Waals surface area contributed by atoms with Gasteiger partial charge in [-0.05, 0) is 38.5 Å². The summed E-state index contributed by atoms with van der Waals surface area (Å²) in [6, 6.07) is 0. The molecule has 0 fully saturated rings. The smallest absolute Gasteiger partial charge is 0.306 e. The topological polar surface area (TPSA) is 55.8 Å². The number of rotatable bonds is 43. The number of hydrogen-bond acceptors (Lipinski definition) is 4. The van der Waals surface area contributed by atoms with E-state index in [0.29, 0.717) is 19.6 Å². The SMILES string of the molecule is CCCCCCCCC/C=C\CCCCCCCCCCOCC(CO)OC(=O)CCCCCCCCCCCCCCCCCCCCC. The first-order chi connectivity index (χ1) is 24.7. The van der Waals surface area contributed by atoms with Crippen molar-refractivity contribution >= 4 is 5.97 Å². The fraction of sp³-hybridized carbons (Fsp3) is 0.935. The van der Waals surface area contributed by atoms with Crippen LogP contribution in [0.15, 0.2) is 12.2 Å². The van der Waals surface area contributed by atoms with Gasteiger partial charge in [0.05, 0.1) is 13.2 Å². The molecule has 0 radical (unpaired) electrons. The zero-order valence-corrected chi connectivity index (χ0v) is 34.2. The molecule has 0 saturated carbocycles. The number of hydrogen-bond donors (Lipinski definition) is 1. The van der Waals surface area contributed by atoms with E-state index in [2.05, 4.69) is 26.0 Å². The van der Waals surface area contributed by atoms with Gasteiger partial charge in [0.1, 0.15) is 6.10 Å². The molecule has 4 nitrogen and oxygen atoms in total. The van der Waals surface area contributed by atoms with Crippen LogP contribution in [0.2, 0.25) is 0 Å². The first kappa shape index (κ1) is 49.1. The number of aliphatic hydroxyl groups excluding tert-OH is 1.